The van der Waals surface area contributed by atoms with Crippen molar-refractivity contribution in [1.29, 1.82) is 0 Å². The number of nitrogens with zero attached hydrogens (tertiary/aromatic N) is 2. The van der Waals surface area contributed by atoms with Gasteiger partial charge in [0.15, 0.2) is 0 Å². The predicted molar refractivity (Wildman–Crippen MR) is 171 cm³/mol. The molecule has 6 atom stereocenters. The van der Waals surface area contributed by atoms with E-state index in [9.17, 15) is 27.6 Å². The van der Waals surface area contributed by atoms with Crippen LogP contribution in [0, 0.1) is 17.8 Å². The molecule has 12 heteroatoms. The molecular weight excluding hydrogens is 605 g/mol. The Labute approximate surface area is 267 Å². The lowest BCUT2D eigenvalue weighted by Gasteiger charge is -2.26. The first-order chi connectivity index (χ1) is 21.3. The van der Waals surface area contributed by atoms with Crippen LogP contribution in [0.4, 0.5) is 23.7 Å². The summed E-state index contributed by atoms with van der Waals surface area (Å²) in [5.74, 6) is -1.08. The number of allylic oxidation sites excluding steroid dienone is 1. The van der Waals surface area contributed by atoms with E-state index in [1.165, 1.54) is 17.8 Å². The third-order valence-corrected chi connectivity index (χ3v) is 10.3. The second-order valence-corrected chi connectivity index (χ2v) is 13.3. The third kappa shape index (κ3) is 8.31. The maximum Gasteiger partial charge on any atom is 0.416 e. The van der Waals surface area contributed by atoms with Crippen LogP contribution in [0.3, 0.4) is 0 Å². The van der Waals surface area contributed by atoms with E-state index in [4.69, 9.17) is 4.74 Å². The first kappa shape index (κ1) is 34.6. The molecule has 1 heterocycles. The van der Waals surface area contributed by atoms with Crippen molar-refractivity contribution in [3.8, 4) is 0 Å². The molecular formula is C33H43F3N4O4S. The molecule has 45 heavy (non-hydrogen) atoms. The molecule has 0 aromatic heterocycles. The Kier molecular flexibility index (Phi) is 11.1. The van der Waals surface area contributed by atoms with Crippen LogP contribution in [0.25, 0.3) is 0 Å². The fourth-order valence-electron chi connectivity index (χ4n) is 6.22. The first-order valence-corrected chi connectivity index (χ1v) is 16.5. The van der Waals surface area contributed by atoms with E-state index in [1.807, 2.05) is 26.0 Å². The fourth-order valence-corrected chi connectivity index (χ4v) is 7.28. The van der Waals surface area contributed by atoms with E-state index in [0.717, 1.165) is 37.8 Å². The van der Waals surface area contributed by atoms with Gasteiger partial charge in [0.05, 0.1) is 29.1 Å². The smallest absolute Gasteiger partial charge is 0.416 e. The van der Waals surface area contributed by atoms with Gasteiger partial charge in [-0.1, -0.05) is 19.1 Å². The van der Waals surface area contributed by atoms with Gasteiger partial charge in [0.1, 0.15) is 11.1 Å². The predicted octanol–water partition coefficient (Wildman–Crippen LogP) is 6.82. The second-order valence-electron chi connectivity index (χ2n) is 12.3. The van der Waals surface area contributed by atoms with E-state index in [2.05, 4.69) is 28.8 Å². The van der Waals surface area contributed by atoms with Crippen LogP contribution in [0.5, 0.6) is 0 Å². The molecule has 0 bridgehead atoms. The number of carbonyl (C=O) groups excluding carboxylic acids is 3. The van der Waals surface area contributed by atoms with Crippen molar-refractivity contribution in [3.05, 3.63) is 54.6 Å². The number of hydrogen-bond acceptors (Lipinski definition) is 6. The number of anilines is 1. The van der Waals surface area contributed by atoms with E-state index in [0.29, 0.717) is 29.3 Å². The molecule has 246 valence electrons. The Hall–Kier alpha value is -3.28. The molecule has 2 saturated carbocycles. The Morgan fingerprint density at radius 1 is 1.20 bits per heavy atom. The summed E-state index contributed by atoms with van der Waals surface area (Å²) in [5, 5.41) is 6.18. The number of rotatable bonds is 13. The zero-order valence-corrected chi connectivity index (χ0v) is 26.9. The van der Waals surface area contributed by atoms with Crippen molar-refractivity contribution in [1.82, 2.24) is 10.2 Å². The highest BCUT2D eigenvalue weighted by atomic mass is 32.2. The Bertz CT molecular complexity index is 1340. The summed E-state index contributed by atoms with van der Waals surface area (Å²) in [6, 6.07) is 3.13. The van der Waals surface area contributed by atoms with Crippen molar-refractivity contribution in [2.24, 2.45) is 22.7 Å². The summed E-state index contributed by atoms with van der Waals surface area (Å²) in [4.78, 5) is 46.5. The van der Waals surface area contributed by atoms with Gasteiger partial charge in [0.25, 0.3) is 0 Å². The van der Waals surface area contributed by atoms with Crippen molar-refractivity contribution < 1.29 is 32.3 Å². The first-order valence-electron chi connectivity index (χ1n) is 15.5. The second kappa shape index (κ2) is 14.4. The fraction of sp³-hybridized carbons (Fsp3) is 0.576. The quantitative estimate of drug-likeness (QED) is 0.181. The van der Waals surface area contributed by atoms with Crippen LogP contribution >= 0.6 is 11.8 Å². The number of hydrogen-bond donors (Lipinski definition) is 2. The molecule has 1 unspecified atom stereocenters. The van der Waals surface area contributed by atoms with Gasteiger partial charge in [0.2, 0.25) is 11.8 Å². The largest absolute Gasteiger partial charge is 0.446 e. The minimum atomic E-state index is -4.61. The standard InChI is InChI=1S/C33H43F3N4O4S/c1-6-9-10-11-14-40(5)30(42)26-17-23(16-25(26)28(41)39-32(8-3)18-21(32)7-2)44-31(43)38-27-15-22(33(34,35)36)12-13-24(27)29-37-20(4)19-45-29/h6-7,12-13,15,20-21,23,25-26H,1-2,8-11,14,16-19H2,3-5H3,(H,38,43)(H,39,41)/t20?,21-,23-,25-,26-,32-/m1/s1. The zero-order valence-electron chi connectivity index (χ0n) is 26.1. The topological polar surface area (TPSA) is 100 Å². The minimum Gasteiger partial charge on any atom is -0.446 e. The average molecular weight is 649 g/mol. The van der Waals surface area contributed by atoms with Crippen LogP contribution in [-0.4, -0.2) is 64.9 Å². The number of thioether (sulfide) groups is 1. The van der Waals surface area contributed by atoms with Crippen molar-refractivity contribution in [2.75, 3.05) is 24.7 Å². The number of alkyl halides is 3. The monoisotopic (exact) mass is 648 g/mol. The minimum absolute atomic E-state index is 0.00695. The van der Waals surface area contributed by atoms with Crippen molar-refractivity contribution >= 4 is 40.4 Å². The number of amides is 3. The third-order valence-electron chi connectivity index (χ3n) is 9.01. The molecule has 2 fully saturated rings. The molecule has 3 amide bonds. The zero-order chi connectivity index (χ0) is 32.9. The van der Waals surface area contributed by atoms with Crippen LogP contribution in [0.2, 0.25) is 0 Å². The Balaban J connectivity index is 1.50. The lowest BCUT2D eigenvalue weighted by Crippen LogP contribution is -2.45. The van der Waals surface area contributed by atoms with E-state index in [1.54, 1.807) is 11.9 Å². The number of aliphatic imine (C=N–C) groups is 1. The van der Waals surface area contributed by atoms with Crippen LogP contribution in [-0.2, 0) is 20.5 Å². The number of ether oxygens (including phenoxy) is 1. The molecule has 2 aliphatic carbocycles. The molecule has 4 rings (SSSR count). The maximum atomic E-state index is 13.6. The highest BCUT2D eigenvalue weighted by Gasteiger charge is 2.54. The normalized spacial score (nSPS) is 27.3. The summed E-state index contributed by atoms with van der Waals surface area (Å²) in [6.07, 6.45) is 1.52. The molecule has 0 saturated heterocycles. The molecule has 1 aromatic carbocycles. The maximum absolute atomic E-state index is 13.6. The summed E-state index contributed by atoms with van der Waals surface area (Å²) in [5.41, 5.74) is -1.00. The number of carbonyl (C=O) groups is 3. The summed E-state index contributed by atoms with van der Waals surface area (Å²) in [7, 11) is 1.70. The highest BCUT2D eigenvalue weighted by Crippen LogP contribution is 2.48. The van der Waals surface area contributed by atoms with Gasteiger partial charge in [-0.3, -0.25) is 19.9 Å². The number of halogens is 3. The molecule has 1 aromatic rings. The van der Waals surface area contributed by atoms with Gasteiger partial charge >= 0.3 is 12.3 Å². The molecule has 0 spiro atoms. The number of nitrogens with one attached hydrogen (secondary N) is 2. The van der Waals surface area contributed by atoms with Gasteiger partial charge in [-0.05, 0) is 70.1 Å². The summed E-state index contributed by atoms with van der Waals surface area (Å²) in [6.45, 7) is 12.0. The lowest BCUT2D eigenvalue weighted by molar-refractivity contribution is -0.140. The van der Waals surface area contributed by atoms with Gasteiger partial charge in [-0.25, -0.2) is 4.79 Å². The highest BCUT2D eigenvalue weighted by molar-refractivity contribution is 8.14. The van der Waals surface area contributed by atoms with Crippen molar-refractivity contribution in [3.63, 3.8) is 0 Å². The SMILES string of the molecule is C=CCCCCN(C)C(=O)[C@@H]1C[C@H](OC(=O)Nc2cc(C(F)(F)F)ccc2C2=NC(C)CS2)C[C@H]1C(=O)N[C@]1(CC)C[C@H]1C=C. The van der Waals surface area contributed by atoms with Crippen LogP contribution < -0.4 is 10.6 Å². The van der Waals surface area contributed by atoms with E-state index >= 15 is 0 Å². The van der Waals surface area contributed by atoms with E-state index in [-0.39, 0.29) is 42.3 Å². The Morgan fingerprint density at radius 2 is 1.93 bits per heavy atom. The van der Waals surface area contributed by atoms with E-state index < -0.39 is 41.3 Å². The molecule has 8 nitrogen and oxygen atoms in total. The molecule has 0 radical (unpaired) electrons. The van der Waals surface area contributed by atoms with Crippen LogP contribution in [0.1, 0.15) is 69.9 Å². The van der Waals surface area contributed by atoms with Gasteiger partial charge < -0.3 is 15.0 Å². The van der Waals surface area contributed by atoms with Crippen molar-refractivity contribution in [2.45, 2.75) is 82.7 Å². The summed E-state index contributed by atoms with van der Waals surface area (Å²) >= 11 is 1.40. The van der Waals surface area contributed by atoms with Crippen LogP contribution in [0.15, 0.2) is 48.5 Å². The molecule has 3 aliphatic rings. The van der Waals surface area contributed by atoms with Gasteiger partial charge in [-0.15, -0.1) is 24.9 Å². The molecule has 2 N–H and O–H groups in total. The average Bonchev–Trinajstić information content (AvgIpc) is 3.26. The number of unbranched alkanes of at least 4 members (excludes halogenated alkanes) is 2. The number of benzene rings is 1. The Morgan fingerprint density at radius 3 is 2.53 bits per heavy atom. The van der Waals surface area contributed by atoms with Gasteiger partial charge in [-0.2, -0.15) is 13.2 Å². The van der Waals surface area contributed by atoms with Gasteiger partial charge in [0, 0.05) is 36.4 Å². The molecule has 1 aliphatic heterocycles. The summed E-state index contributed by atoms with van der Waals surface area (Å²) < 4.78 is 46.4. The lowest BCUT2D eigenvalue weighted by atomic mass is 9.93.